The van der Waals surface area contributed by atoms with Crippen LogP contribution in [0.4, 0.5) is 0 Å². The van der Waals surface area contributed by atoms with Crippen LogP contribution in [0, 0.1) is 0 Å². The Balaban J connectivity index is 2.05. The summed E-state index contributed by atoms with van der Waals surface area (Å²) in [4.78, 5) is 17.2. The van der Waals surface area contributed by atoms with E-state index in [0.717, 1.165) is 18.9 Å². The third-order valence-electron chi connectivity index (χ3n) is 3.50. The molecular weight excluding hydrogens is 220 g/mol. The van der Waals surface area contributed by atoms with Gasteiger partial charge in [0.15, 0.2) is 0 Å². The Bertz CT molecular complexity index is 411. The highest BCUT2D eigenvalue weighted by molar-refractivity contribution is 5.68. The summed E-state index contributed by atoms with van der Waals surface area (Å²) in [5.41, 5.74) is -0.266. The van der Waals surface area contributed by atoms with E-state index in [1.54, 1.807) is 6.20 Å². The van der Waals surface area contributed by atoms with Crippen LogP contribution >= 0.6 is 0 Å². The van der Waals surface area contributed by atoms with Gasteiger partial charge >= 0.3 is 5.97 Å². The smallest absolute Gasteiger partial charge is 0.305 e. The number of likely N-dealkylation sites (N-methyl/N-ethyl adjacent to an activating group) is 1. The third-order valence-corrected chi connectivity index (χ3v) is 3.50. The molecule has 94 valence electrons. The molecule has 2 heterocycles. The molecule has 2 N–H and O–H groups in total. The number of carbonyl (C=O) groups is 1. The summed E-state index contributed by atoms with van der Waals surface area (Å²) in [7, 11) is 3.90. The van der Waals surface area contributed by atoms with Gasteiger partial charge in [-0.3, -0.25) is 9.69 Å². The number of rotatable bonds is 5. The summed E-state index contributed by atoms with van der Waals surface area (Å²) >= 11 is 0. The standard InChI is InChI=1S/C11H18N4O2/c1-14-4-3-13-9(14)6-15(2)11(5-10(16)17)7-12-8-11/h3-4,12H,5-8H2,1-2H3,(H,16,17). The quantitative estimate of drug-likeness (QED) is 0.735. The Morgan fingerprint density at radius 1 is 1.71 bits per heavy atom. The monoisotopic (exact) mass is 238 g/mol. The number of nitrogens with zero attached hydrogens (tertiary/aromatic N) is 3. The largest absolute Gasteiger partial charge is 0.481 e. The van der Waals surface area contributed by atoms with Crippen molar-refractivity contribution >= 4 is 5.97 Å². The number of imidazole rings is 1. The van der Waals surface area contributed by atoms with Crippen molar-refractivity contribution in [3.63, 3.8) is 0 Å². The van der Waals surface area contributed by atoms with E-state index in [2.05, 4.69) is 15.2 Å². The Kier molecular flexibility index (Phi) is 3.17. The summed E-state index contributed by atoms with van der Waals surface area (Å²) in [6.45, 7) is 2.11. The molecule has 1 aliphatic rings. The average Bonchev–Trinajstić information content (AvgIpc) is 2.58. The van der Waals surface area contributed by atoms with Crippen LogP contribution in [0.2, 0.25) is 0 Å². The molecule has 0 radical (unpaired) electrons. The summed E-state index contributed by atoms with van der Waals surface area (Å²) in [5, 5.41) is 12.1. The van der Waals surface area contributed by atoms with Gasteiger partial charge in [0, 0.05) is 32.5 Å². The zero-order valence-corrected chi connectivity index (χ0v) is 10.2. The first kappa shape index (κ1) is 12.1. The maximum absolute atomic E-state index is 10.9. The fourth-order valence-electron chi connectivity index (χ4n) is 2.15. The van der Waals surface area contributed by atoms with E-state index in [1.807, 2.05) is 24.9 Å². The van der Waals surface area contributed by atoms with Crippen LogP contribution in [0.1, 0.15) is 12.2 Å². The lowest BCUT2D eigenvalue weighted by molar-refractivity contribution is -0.141. The minimum absolute atomic E-state index is 0.168. The summed E-state index contributed by atoms with van der Waals surface area (Å²) in [5.74, 6) is 0.197. The van der Waals surface area contributed by atoms with E-state index in [1.165, 1.54) is 0 Å². The van der Waals surface area contributed by atoms with E-state index < -0.39 is 5.97 Å². The molecule has 0 aromatic carbocycles. The molecule has 1 fully saturated rings. The molecule has 2 rings (SSSR count). The van der Waals surface area contributed by atoms with Crippen LogP contribution in [-0.4, -0.2) is 51.2 Å². The molecule has 17 heavy (non-hydrogen) atoms. The number of hydrogen-bond donors (Lipinski definition) is 2. The first-order chi connectivity index (χ1) is 8.03. The van der Waals surface area contributed by atoms with Crippen LogP contribution in [0.3, 0.4) is 0 Å². The first-order valence-electron chi connectivity index (χ1n) is 5.63. The molecule has 1 aromatic heterocycles. The Labute approximate surface area is 100 Å². The van der Waals surface area contributed by atoms with Crippen LogP contribution < -0.4 is 5.32 Å². The molecule has 0 bridgehead atoms. The van der Waals surface area contributed by atoms with Crippen molar-refractivity contribution in [2.24, 2.45) is 7.05 Å². The third kappa shape index (κ3) is 2.32. The second kappa shape index (κ2) is 4.46. The van der Waals surface area contributed by atoms with Crippen LogP contribution in [0.15, 0.2) is 12.4 Å². The average molecular weight is 238 g/mol. The molecule has 0 aliphatic carbocycles. The lowest BCUT2D eigenvalue weighted by Crippen LogP contribution is -2.68. The predicted molar refractivity (Wildman–Crippen MR) is 62.5 cm³/mol. The van der Waals surface area contributed by atoms with Gasteiger partial charge in [-0.05, 0) is 7.05 Å². The molecular formula is C11H18N4O2. The molecule has 0 atom stereocenters. The second-order valence-corrected chi connectivity index (χ2v) is 4.71. The van der Waals surface area contributed by atoms with Gasteiger partial charge in [0.1, 0.15) is 5.82 Å². The molecule has 1 aromatic rings. The summed E-state index contributed by atoms with van der Waals surface area (Å²) in [6.07, 6.45) is 3.82. The number of aliphatic carboxylic acids is 1. The molecule has 0 spiro atoms. The van der Waals surface area contributed by atoms with Crippen molar-refractivity contribution in [3.05, 3.63) is 18.2 Å². The highest BCUT2D eigenvalue weighted by Crippen LogP contribution is 2.24. The minimum Gasteiger partial charge on any atom is -0.481 e. The van der Waals surface area contributed by atoms with E-state index in [4.69, 9.17) is 5.11 Å². The first-order valence-corrected chi connectivity index (χ1v) is 5.63. The van der Waals surface area contributed by atoms with Crippen molar-refractivity contribution in [2.45, 2.75) is 18.5 Å². The normalized spacial score (nSPS) is 18.1. The highest BCUT2D eigenvalue weighted by atomic mass is 16.4. The van der Waals surface area contributed by atoms with E-state index in [9.17, 15) is 4.79 Å². The fraction of sp³-hybridized carbons (Fsp3) is 0.636. The van der Waals surface area contributed by atoms with Gasteiger partial charge in [0.05, 0.1) is 18.5 Å². The zero-order chi connectivity index (χ0) is 12.5. The van der Waals surface area contributed by atoms with Gasteiger partial charge in [-0.15, -0.1) is 0 Å². The van der Waals surface area contributed by atoms with Crippen LogP contribution in [0.5, 0.6) is 0 Å². The van der Waals surface area contributed by atoms with Gasteiger partial charge in [-0.1, -0.05) is 0 Å². The minimum atomic E-state index is -0.752. The number of carboxylic acid groups (broad SMARTS) is 1. The molecule has 1 aliphatic heterocycles. The molecule has 1 saturated heterocycles. The lowest BCUT2D eigenvalue weighted by Gasteiger charge is -2.48. The van der Waals surface area contributed by atoms with E-state index in [0.29, 0.717) is 6.54 Å². The van der Waals surface area contributed by atoms with Crippen LogP contribution in [0.25, 0.3) is 0 Å². The Morgan fingerprint density at radius 2 is 2.41 bits per heavy atom. The molecule has 6 heteroatoms. The summed E-state index contributed by atoms with van der Waals surface area (Å²) < 4.78 is 1.96. The second-order valence-electron chi connectivity index (χ2n) is 4.71. The number of aryl methyl sites for hydroxylation is 1. The highest BCUT2D eigenvalue weighted by Gasteiger charge is 2.42. The van der Waals surface area contributed by atoms with E-state index >= 15 is 0 Å². The number of carboxylic acids is 1. The van der Waals surface area contributed by atoms with Gasteiger partial charge in [0.2, 0.25) is 0 Å². The SMILES string of the molecule is CN(Cc1nccn1C)C1(CC(=O)O)CNC1. The van der Waals surface area contributed by atoms with Gasteiger partial charge in [-0.25, -0.2) is 4.98 Å². The lowest BCUT2D eigenvalue weighted by atomic mass is 9.87. The predicted octanol–water partition coefficient (Wildman–Crippen LogP) is -0.331. The zero-order valence-electron chi connectivity index (χ0n) is 10.2. The van der Waals surface area contributed by atoms with Crippen LogP contribution in [-0.2, 0) is 18.4 Å². The fourth-order valence-corrected chi connectivity index (χ4v) is 2.15. The topological polar surface area (TPSA) is 70.4 Å². The molecule has 0 unspecified atom stereocenters. The van der Waals surface area contributed by atoms with Crippen molar-refractivity contribution < 1.29 is 9.90 Å². The number of nitrogens with one attached hydrogen (secondary N) is 1. The maximum Gasteiger partial charge on any atom is 0.305 e. The maximum atomic E-state index is 10.9. The Hall–Kier alpha value is -1.40. The van der Waals surface area contributed by atoms with Crippen molar-refractivity contribution in [1.82, 2.24) is 19.8 Å². The van der Waals surface area contributed by atoms with Gasteiger partial charge in [0.25, 0.3) is 0 Å². The van der Waals surface area contributed by atoms with Crippen molar-refractivity contribution in [3.8, 4) is 0 Å². The van der Waals surface area contributed by atoms with E-state index in [-0.39, 0.29) is 12.0 Å². The molecule has 0 amide bonds. The van der Waals surface area contributed by atoms with Gasteiger partial charge < -0.3 is 15.0 Å². The Morgan fingerprint density at radius 3 is 2.82 bits per heavy atom. The molecule has 0 saturated carbocycles. The van der Waals surface area contributed by atoms with Gasteiger partial charge in [-0.2, -0.15) is 0 Å². The number of hydrogen-bond acceptors (Lipinski definition) is 4. The van der Waals surface area contributed by atoms with Crippen molar-refractivity contribution in [2.75, 3.05) is 20.1 Å². The number of aromatic nitrogens is 2. The summed E-state index contributed by atoms with van der Waals surface area (Å²) in [6, 6.07) is 0. The van der Waals surface area contributed by atoms with Crippen molar-refractivity contribution in [1.29, 1.82) is 0 Å². The molecule has 6 nitrogen and oxygen atoms in total.